The fraction of sp³-hybridized carbons (Fsp3) is 0.154. The van der Waals surface area contributed by atoms with Crippen LogP contribution in [0, 0.1) is 6.92 Å². The quantitative estimate of drug-likeness (QED) is 0.883. The maximum atomic E-state index is 12.0. The van der Waals surface area contributed by atoms with Gasteiger partial charge >= 0.3 is 5.97 Å². The second kappa shape index (κ2) is 6.15. The number of hydrogen-bond acceptors (Lipinski definition) is 4. The topological polar surface area (TPSA) is 79.3 Å². The van der Waals surface area contributed by atoms with Crippen LogP contribution >= 0.6 is 27.3 Å². The molecule has 1 aromatic carbocycles. The highest BCUT2D eigenvalue weighted by molar-refractivity contribution is 9.10. The molecule has 1 amide bonds. The van der Waals surface area contributed by atoms with E-state index < -0.39 is 5.97 Å². The zero-order chi connectivity index (χ0) is 14.7. The van der Waals surface area contributed by atoms with Gasteiger partial charge in [0.05, 0.1) is 28.4 Å². The molecular formula is C13H11BrN2O3S. The summed E-state index contributed by atoms with van der Waals surface area (Å²) in [6.45, 7) is 1.86. The summed E-state index contributed by atoms with van der Waals surface area (Å²) in [5, 5.41) is 14.4. The van der Waals surface area contributed by atoms with Gasteiger partial charge in [-0.05, 0) is 35.0 Å². The Kier molecular flexibility index (Phi) is 4.51. The number of nitrogens with one attached hydrogen (secondary N) is 1. The number of carboxylic acid groups (broad SMARTS) is 1. The number of halogens is 1. The normalized spacial score (nSPS) is 10.3. The average molecular weight is 355 g/mol. The monoisotopic (exact) mass is 354 g/mol. The van der Waals surface area contributed by atoms with Crippen molar-refractivity contribution in [1.82, 2.24) is 4.98 Å². The number of carbonyl (C=O) groups excluding carboxylic acids is 1. The molecule has 5 nitrogen and oxygen atoms in total. The van der Waals surface area contributed by atoms with E-state index in [1.54, 1.807) is 12.1 Å². The van der Waals surface area contributed by atoms with E-state index in [1.165, 1.54) is 17.4 Å². The summed E-state index contributed by atoms with van der Waals surface area (Å²) >= 11 is 4.71. The zero-order valence-corrected chi connectivity index (χ0v) is 12.9. The molecule has 0 fully saturated rings. The number of carbonyl (C=O) groups is 2. The first-order valence-corrected chi connectivity index (χ1v) is 7.37. The summed E-state index contributed by atoms with van der Waals surface area (Å²) in [5.41, 5.74) is 0.980. The number of nitrogens with zero attached hydrogens (tertiary/aromatic N) is 1. The fourth-order valence-electron chi connectivity index (χ4n) is 1.67. The lowest BCUT2D eigenvalue weighted by molar-refractivity contribution is -0.115. The average Bonchev–Trinajstić information content (AvgIpc) is 2.77. The van der Waals surface area contributed by atoms with Gasteiger partial charge in [0.1, 0.15) is 0 Å². The van der Waals surface area contributed by atoms with E-state index in [1.807, 2.05) is 12.3 Å². The molecule has 0 aliphatic heterocycles. The maximum Gasteiger partial charge on any atom is 0.337 e. The molecule has 2 aromatic rings. The van der Waals surface area contributed by atoms with Crippen LogP contribution in [0.25, 0.3) is 0 Å². The van der Waals surface area contributed by atoms with Gasteiger partial charge in [-0.15, -0.1) is 11.3 Å². The number of thiazole rings is 1. The molecule has 2 rings (SSSR count). The third-order valence-corrected chi connectivity index (χ3v) is 4.00. The van der Waals surface area contributed by atoms with E-state index in [2.05, 4.69) is 26.2 Å². The smallest absolute Gasteiger partial charge is 0.337 e. The van der Waals surface area contributed by atoms with Crippen molar-refractivity contribution >= 4 is 44.8 Å². The first-order chi connectivity index (χ1) is 9.47. The summed E-state index contributed by atoms with van der Waals surface area (Å²) in [5.74, 6) is -1.39. The molecule has 0 bridgehead atoms. The molecule has 104 valence electrons. The number of rotatable bonds is 4. The van der Waals surface area contributed by atoms with Crippen LogP contribution in [0.5, 0.6) is 0 Å². The van der Waals surface area contributed by atoms with Crippen LogP contribution < -0.4 is 5.32 Å². The van der Waals surface area contributed by atoms with E-state index in [0.717, 1.165) is 5.01 Å². The standard InChI is InChI=1S/C13H11BrN2O3S/c1-7-15-8(6-20-7)5-11(17)16-12-9(13(18)19)3-2-4-10(12)14/h2-4,6H,5H2,1H3,(H,16,17)(H,18,19). The highest BCUT2D eigenvalue weighted by Crippen LogP contribution is 2.26. The number of aromatic carboxylic acids is 1. The molecule has 0 unspecified atom stereocenters. The van der Waals surface area contributed by atoms with Gasteiger partial charge in [0.2, 0.25) is 5.91 Å². The predicted molar refractivity (Wildman–Crippen MR) is 80.3 cm³/mol. The Morgan fingerprint density at radius 3 is 2.80 bits per heavy atom. The zero-order valence-electron chi connectivity index (χ0n) is 10.5. The van der Waals surface area contributed by atoms with Crippen molar-refractivity contribution in [3.05, 3.63) is 44.3 Å². The SMILES string of the molecule is Cc1nc(CC(=O)Nc2c(Br)cccc2C(=O)O)cs1. The summed E-state index contributed by atoms with van der Waals surface area (Å²) in [6, 6.07) is 4.72. The maximum absolute atomic E-state index is 12.0. The number of para-hydroxylation sites is 1. The number of aryl methyl sites for hydroxylation is 1. The van der Waals surface area contributed by atoms with Crippen LogP contribution in [-0.4, -0.2) is 22.0 Å². The van der Waals surface area contributed by atoms with Crippen molar-refractivity contribution in [3.8, 4) is 0 Å². The third kappa shape index (κ3) is 3.43. The molecule has 0 atom stereocenters. The molecule has 0 aliphatic carbocycles. The fourth-order valence-corrected chi connectivity index (χ4v) is 2.74. The molecule has 0 aliphatic rings. The van der Waals surface area contributed by atoms with Gasteiger partial charge in [-0.1, -0.05) is 6.07 Å². The van der Waals surface area contributed by atoms with Crippen LogP contribution in [0.1, 0.15) is 21.1 Å². The van der Waals surface area contributed by atoms with Crippen LogP contribution in [0.15, 0.2) is 28.1 Å². The lowest BCUT2D eigenvalue weighted by Crippen LogP contribution is -2.17. The Morgan fingerprint density at radius 2 is 2.20 bits per heavy atom. The number of anilines is 1. The van der Waals surface area contributed by atoms with Crippen molar-refractivity contribution in [1.29, 1.82) is 0 Å². The molecule has 2 N–H and O–H groups in total. The summed E-state index contributed by atoms with van der Waals surface area (Å²) in [7, 11) is 0. The van der Waals surface area contributed by atoms with Crippen LogP contribution in [0.4, 0.5) is 5.69 Å². The van der Waals surface area contributed by atoms with E-state index in [0.29, 0.717) is 10.2 Å². The molecule has 0 saturated carbocycles. The van der Waals surface area contributed by atoms with Crippen molar-refractivity contribution in [3.63, 3.8) is 0 Å². The molecule has 1 heterocycles. The van der Waals surface area contributed by atoms with E-state index >= 15 is 0 Å². The van der Waals surface area contributed by atoms with Gasteiger partial charge in [0, 0.05) is 9.85 Å². The Morgan fingerprint density at radius 1 is 1.45 bits per heavy atom. The number of carboxylic acids is 1. The number of aromatic nitrogens is 1. The van der Waals surface area contributed by atoms with Crippen LogP contribution in [0.2, 0.25) is 0 Å². The largest absolute Gasteiger partial charge is 0.478 e. The van der Waals surface area contributed by atoms with Crippen LogP contribution in [0.3, 0.4) is 0 Å². The van der Waals surface area contributed by atoms with Crippen molar-refractivity contribution in [2.75, 3.05) is 5.32 Å². The van der Waals surface area contributed by atoms with E-state index in [9.17, 15) is 9.59 Å². The summed E-state index contributed by atoms with van der Waals surface area (Å²) < 4.78 is 0.528. The second-order valence-electron chi connectivity index (χ2n) is 4.05. The Labute approximate surface area is 127 Å². The van der Waals surface area contributed by atoms with Gasteiger partial charge in [-0.3, -0.25) is 4.79 Å². The van der Waals surface area contributed by atoms with Gasteiger partial charge in [0.15, 0.2) is 0 Å². The van der Waals surface area contributed by atoms with E-state index in [4.69, 9.17) is 5.11 Å². The molecule has 0 saturated heterocycles. The van der Waals surface area contributed by atoms with E-state index in [-0.39, 0.29) is 23.6 Å². The summed E-state index contributed by atoms with van der Waals surface area (Å²) in [6.07, 6.45) is 0.116. The van der Waals surface area contributed by atoms with Crippen molar-refractivity contribution < 1.29 is 14.7 Å². The number of benzene rings is 1. The van der Waals surface area contributed by atoms with Crippen molar-refractivity contribution in [2.24, 2.45) is 0 Å². The minimum Gasteiger partial charge on any atom is -0.478 e. The highest BCUT2D eigenvalue weighted by Gasteiger charge is 2.16. The van der Waals surface area contributed by atoms with Crippen molar-refractivity contribution in [2.45, 2.75) is 13.3 Å². The third-order valence-electron chi connectivity index (χ3n) is 2.52. The van der Waals surface area contributed by atoms with Gasteiger partial charge < -0.3 is 10.4 Å². The Bertz CT molecular complexity index is 669. The number of amides is 1. The van der Waals surface area contributed by atoms with Crippen LogP contribution in [-0.2, 0) is 11.2 Å². The Balaban J connectivity index is 2.17. The molecule has 20 heavy (non-hydrogen) atoms. The summed E-state index contributed by atoms with van der Waals surface area (Å²) in [4.78, 5) is 27.3. The van der Waals surface area contributed by atoms with Gasteiger partial charge in [0.25, 0.3) is 0 Å². The first kappa shape index (κ1) is 14.7. The molecule has 0 spiro atoms. The molecule has 7 heteroatoms. The number of hydrogen-bond donors (Lipinski definition) is 2. The second-order valence-corrected chi connectivity index (χ2v) is 5.97. The van der Waals surface area contributed by atoms with Gasteiger partial charge in [-0.25, -0.2) is 9.78 Å². The lowest BCUT2D eigenvalue weighted by atomic mass is 10.1. The Hall–Kier alpha value is -1.73. The minimum absolute atomic E-state index is 0.0437. The lowest BCUT2D eigenvalue weighted by Gasteiger charge is -2.09. The minimum atomic E-state index is -1.09. The van der Waals surface area contributed by atoms with Gasteiger partial charge in [-0.2, -0.15) is 0 Å². The molecule has 0 radical (unpaired) electrons. The molecule has 1 aromatic heterocycles. The predicted octanol–water partition coefficient (Wildman–Crippen LogP) is 3.09. The first-order valence-electron chi connectivity index (χ1n) is 5.70. The molecular weight excluding hydrogens is 344 g/mol. The highest BCUT2D eigenvalue weighted by atomic mass is 79.9.